The van der Waals surface area contributed by atoms with Crippen molar-refractivity contribution in [2.24, 2.45) is 5.92 Å². The second-order valence-corrected chi connectivity index (χ2v) is 3.69. The van der Waals surface area contributed by atoms with E-state index in [1.54, 1.807) is 18.6 Å². The molecule has 0 unspecified atom stereocenters. The van der Waals surface area contributed by atoms with E-state index in [0.717, 1.165) is 37.8 Å². The first-order chi connectivity index (χ1) is 6.95. The Morgan fingerprint density at radius 3 is 3.21 bits per heavy atom. The lowest BCUT2D eigenvalue weighted by Crippen LogP contribution is -2.24. The Bertz CT molecular complexity index is 256. The molecule has 2 heterocycles. The Labute approximate surface area is 84.2 Å². The van der Waals surface area contributed by atoms with Crippen molar-refractivity contribution in [3.63, 3.8) is 0 Å². The molecule has 2 rings (SSSR count). The molecule has 4 nitrogen and oxygen atoms in total. The molecule has 0 radical (unpaired) electrons. The van der Waals surface area contributed by atoms with Gasteiger partial charge in [-0.25, -0.2) is 0 Å². The second-order valence-electron chi connectivity index (χ2n) is 3.69. The third-order valence-corrected chi connectivity index (χ3v) is 2.52. The Hall–Kier alpha value is -1.00. The van der Waals surface area contributed by atoms with Gasteiger partial charge in [0, 0.05) is 25.1 Å². The van der Waals surface area contributed by atoms with E-state index >= 15 is 0 Å². The summed E-state index contributed by atoms with van der Waals surface area (Å²) in [4.78, 5) is 8.22. The molecule has 1 aliphatic rings. The highest BCUT2D eigenvalue weighted by Crippen LogP contribution is 2.05. The van der Waals surface area contributed by atoms with Crippen LogP contribution in [0.2, 0.25) is 0 Å². The van der Waals surface area contributed by atoms with Crippen molar-refractivity contribution in [2.45, 2.75) is 13.0 Å². The summed E-state index contributed by atoms with van der Waals surface area (Å²) in [7, 11) is 0. The van der Waals surface area contributed by atoms with E-state index in [-0.39, 0.29) is 0 Å². The molecule has 1 aromatic heterocycles. The summed E-state index contributed by atoms with van der Waals surface area (Å²) in [6.07, 6.45) is 6.52. The molecule has 76 valence electrons. The molecule has 0 aliphatic carbocycles. The van der Waals surface area contributed by atoms with Crippen LogP contribution >= 0.6 is 0 Å². The van der Waals surface area contributed by atoms with Crippen molar-refractivity contribution in [2.75, 3.05) is 19.6 Å². The molecular weight excluding hydrogens is 176 g/mol. The van der Waals surface area contributed by atoms with Gasteiger partial charge in [0.1, 0.15) is 0 Å². The third-order valence-electron chi connectivity index (χ3n) is 2.52. The van der Waals surface area contributed by atoms with Crippen LogP contribution in [0.3, 0.4) is 0 Å². The summed E-state index contributed by atoms with van der Waals surface area (Å²) in [5, 5.41) is 6.75. The Morgan fingerprint density at radius 1 is 1.50 bits per heavy atom. The average Bonchev–Trinajstić information content (AvgIpc) is 2.72. The van der Waals surface area contributed by atoms with Crippen LogP contribution < -0.4 is 10.6 Å². The van der Waals surface area contributed by atoms with Gasteiger partial charge in [-0.15, -0.1) is 0 Å². The van der Waals surface area contributed by atoms with E-state index in [9.17, 15) is 0 Å². The number of aromatic nitrogens is 2. The molecular formula is C10H16N4. The van der Waals surface area contributed by atoms with Gasteiger partial charge in [0.25, 0.3) is 0 Å². The Balaban J connectivity index is 1.67. The van der Waals surface area contributed by atoms with Gasteiger partial charge in [-0.2, -0.15) is 0 Å². The van der Waals surface area contributed by atoms with E-state index in [1.807, 2.05) is 0 Å². The lowest BCUT2D eigenvalue weighted by molar-refractivity contribution is 0.509. The van der Waals surface area contributed by atoms with Gasteiger partial charge in [-0.1, -0.05) is 0 Å². The Morgan fingerprint density at radius 2 is 2.50 bits per heavy atom. The third kappa shape index (κ3) is 2.75. The summed E-state index contributed by atoms with van der Waals surface area (Å²) >= 11 is 0. The van der Waals surface area contributed by atoms with Gasteiger partial charge in [-0.05, 0) is 32.0 Å². The van der Waals surface area contributed by atoms with Gasteiger partial charge < -0.3 is 10.6 Å². The van der Waals surface area contributed by atoms with Crippen molar-refractivity contribution < 1.29 is 0 Å². The fraction of sp³-hybridized carbons (Fsp3) is 0.600. The van der Waals surface area contributed by atoms with E-state index in [0.29, 0.717) is 0 Å². The topological polar surface area (TPSA) is 49.8 Å². The van der Waals surface area contributed by atoms with E-state index in [2.05, 4.69) is 20.6 Å². The van der Waals surface area contributed by atoms with E-state index in [1.165, 1.54) is 6.42 Å². The van der Waals surface area contributed by atoms with Crippen LogP contribution in [-0.2, 0) is 6.54 Å². The highest BCUT2D eigenvalue weighted by molar-refractivity contribution is 4.93. The number of hydrogen-bond donors (Lipinski definition) is 2. The quantitative estimate of drug-likeness (QED) is 0.714. The van der Waals surface area contributed by atoms with Gasteiger partial charge in [-0.3, -0.25) is 9.97 Å². The predicted octanol–water partition coefficient (Wildman–Crippen LogP) is 0.176. The minimum atomic E-state index is 0.784. The maximum atomic E-state index is 4.20. The molecule has 1 fully saturated rings. The standard InChI is InChI=1S/C10H16N4/c1-2-11-5-9(1)6-13-8-10-7-12-3-4-14-10/h3-4,7,9,11,13H,1-2,5-6,8H2/t9-/m0/s1. The monoisotopic (exact) mass is 192 g/mol. The first-order valence-electron chi connectivity index (χ1n) is 5.11. The van der Waals surface area contributed by atoms with Gasteiger partial charge in [0.2, 0.25) is 0 Å². The zero-order valence-corrected chi connectivity index (χ0v) is 8.24. The first kappa shape index (κ1) is 9.55. The molecule has 0 saturated carbocycles. The predicted molar refractivity (Wildman–Crippen MR) is 54.7 cm³/mol. The van der Waals surface area contributed by atoms with Crippen molar-refractivity contribution in [3.8, 4) is 0 Å². The zero-order valence-electron chi connectivity index (χ0n) is 8.24. The highest BCUT2D eigenvalue weighted by Gasteiger charge is 2.13. The number of hydrogen-bond acceptors (Lipinski definition) is 4. The van der Waals surface area contributed by atoms with Gasteiger partial charge in [0.15, 0.2) is 0 Å². The Kier molecular flexibility index (Phi) is 3.43. The SMILES string of the molecule is c1cnc(CNC[C@H]2CCNC2)cn1. The summed E-state index contributed by atoms with van der Waals surface area (Å²) in [6.45, 7) is 4.21. The van der Waals surface area contributed by atoms with Crippen LogP contribution in [0.4, 0.5) is 0 Å². The molecule has 1 aliphatic heterocycles. The molecule has 1 saturated heterocycles. The van der Waals surface area contributed by atoms with Crippen molar-refractivity contribution in [1.29, 1.82) is 0 Å². The van der Waals surface area contributed by atoms with Crippen LogP contribution in [0.15, 0.2) is 18.6 Å². The first-order valence-corrected chi connectivity index (χ1v) is 5.11. The van der Waals surface area contributed by atoms with Crippen molar-refractivity contribution in [1.82, 2.24) is 20.6 Å². The summed E-state index contributed by atoms with van der Waals surface area (Å²) in [5.74, 6) is 0.784. The molecule has 0 bridgehead atoms. The number of rotatable bonds is 4. The lowest BCUT2D eigenvalue weighted by Gasteiger charge is -2.08. The average molecular weight is 192 g/mol. The van der Waals surface area contributed by atoms with E-state index in [4.69, 9.17) is 0 Å². The molecule has 0 aromatic carbocycles. The minimum absolute atomic E-state index is 0.784. The molecule has 14 heavy (non-hydrogen) atoms. The van der Waals surface area contributed by atoms with Gasteiger partial charge >= 0.3 is 0 Å². The van der Waals surface area contributed by atoms with Crippen molar-refractivity contribution in [3.05, 3.63) is 24.3 Å². The fourth-order valence-electron chi connectivity index (χ4n) is 1.71. The molecule has 4 heteroatoms. The van der Waals surface area contributed by atoms with Crippen molar-refractivity contribution >= 4 is 0 Å². The number of nitrogens with zero attached hydrogens (tertiary/aromatic N) is 2. The van der Waals surface area contributed by atoms with Crippen LogP contribution in [0.1, 0.15) is 12.1 Å². The maximum absolute atomic E-state index is 4.20. The van der Waals surface area contributed by atoms with Gasteiger partial charge in [0.05, 0.1) is 5.69 Å². The van der Waals surface area contributed by atoms with E-state index < -0.39 is 0 Å². The molecule has 0 spiro atoms. The molecule has 2 N–H and O–H groups in total. The highest BCUT2D eigenvalue weighted by atomic mass is 14.9. The maximum Gasteiger partial charge on any atom is 0.0724 e. The molecule has 0 amide bonds. The van der Waals surface area contributed by atoms with Crippen LogP contribution in [-0.4, -0.2) is 29.6 Å². The minimum Gasteiger partial charge on any atom is -0.316 e. The molecule has 1 aromatic rings. The summed E-state index contributed by atoms with van der Waals surface area (Å²) < 4.78 is 0. The zero-order chi connectivity index (χ0) is 9.64. The lowest BCUT2D eigenvalue weighted by atomic mass is 10.1. The molecule has 1 atom stereocenters. The summed E-state index contributed by atoms with van der Waals surface area (Å²) in [6, 6.07) is 0. The normalized spacial score (nSPS) is 21.3. The van der Waals surface area contributed by atoms with Crippen LogP contribution in [0.25, 0.3) is 0 Å². The van der Waals surface area contributed by atoms with Crippen LogP contribution in [0, 0.1) is 5.92 Å². The van der Waals surface area contributed by atoms with Crippen LogP contribution in [0.5, 0.6) is 0 Å². The summed E-state index contributed by atoms with van der Waals surface area (Å²) in [5.41, 5.74) is 1.01. The largest absolute Gasteiger partial charge is 0.316 e. The fourth-order valence-corrected chi connectivity index (χ4v) is 1.71. The smallest absolute Gasteiger partial charge is 0.0724 e. The second kappa shape index (κ2) is 5.02. The number of nitrogens with one attached hydrogen (secondary N) is 2.